The van der Waals surface area contributed by atoms with Gasteiger partial charge in [0.2, 0.25) is 0 Å². The first-order valence-electron chi connectivity index (χ1n) is 5.47. The van der Waals surface area contributed by atoms with Crippen molar-refractivity contribution >= 4 is 11.5 Å². The minimum atomic E-state index is 0.0327. The van der Waals surface area contributed by atoms with E-state index in [2.05, 4.69) is 39.3 Å². The van der Waals surface area contributed by atoms with Gasteiger partial charge in [0.05, 0.1) is 12.4 Å². The Morgan fingerprint density at radius 1 is 1.41 bits per heavy atom. The summed E-state index contributed by atoms with van der Waals surface area (Å²) in [5.74, 6) is 0.856. The van der Waals surface area contributed by atoms with Gasteiger partial charge >= 0.3 is 0 Å². The molecule has 92 valence electrons. The fraction of sp³-hybridized carbons (Fsp3) is 0.600. The molecule has 7 nitrogen and oxygen atoms in total. The van der Waals surface area contributed by atoms with Crippen molar-refractivity contribution in [3.8, 4) is 0 Å². The average molecular weight is 235 g/mol. The predicted molar refractivity (Wildman–Crippen MR) is 64.7 cm³/mol. The zero-order chi connectivity index (χ0) is 12.5. The van der Waals surface area contributed by atoms with Gasteiger partial charge in [0.25, 0.3) is 0 Å². The summed E-state index contributed by atoms with van der Waals surface area (Å²) in [5, 5.41) is 11.4. The van der Waals surface area contributed by atoms with E-state index in [1.807, 2.05) is 7.05 Å². The van der Waals surface area contributed by atoms with Gasteiger partial charge in [0, 0.05) is 13.6 Å². The minimum absolute atomic E-state index is 0.0327. The lowest BCUT2D eigenvalue weighted by molar-refractivity contribution is 0.383. The van der Waals surface area contributed by atoms with Gasteiger partial charge in [-0.05, 0) is 22.4 Å². The monoisotopic (exact) mass is 235 g/mol. The summed E-state index contributed by atoms with van der Waals surface area (Å²) < 4.78 is 1.67. The van der Waals surface area contributed by atoms with Crippen LogP contribution >= 0.6 is 0 Å². The minimum Gasteiger partial charge on any atom is -0.358 e. The Labute approximate surface area is 99.6 Å². The maximum Gasteiger partial charge on any atom is 0.199 e. The Hall–Kier alpha value is -1.76. The predicted octanol–water partition coefficient (Wildman–Crippen LogP) is -0.0596. The Balaban J connectivity index is 2.30. The van der Waals surface area contributed by atoms with E-state index in [1.165, 1.54) is 0 Å². The summed E-state index contributed by atoms with van der Waals surface area (Å²) in [6, 6.07) is 0. The number of aromatic nitrogens is 5. The van der Waals surface area contributed by atoms with E-state index < -0.39 is 0 Å². The third kappa shape index (κ3) is 2.33. The van der Waals surface area contributed by atoms with Gasteiger partial charge in [0.15, 0.2) is 11.5 Å². The quantitative estimate of drug-likeness (QED) is 0.799. The fourth-order valence-electron chi connectivity index (χ4n) is 1.71. The Morgan fingerprint density at radius 3 is 2.88 bits per heavy atom. The van der Waals surface area contributed by atoms with Crippen molar-refractivity contribution in [2.75, 3.05) is 25.0 Å². The number of rotatable bonds is 4. The maximum atomic E-state index is 5.74. The van der Waals surface area contributed by atoms with Gasteiger partial charge in [-0.1, -0.05) is 13.8 Å². The van der Waals surface area contributed by atoms with E-state index in [9.17, 15) is 0 Å². The number of hydrogen-bond donors (Lipinski definition) is 1. The van der Waals surface area contributed by atoms with Gasteiger partial charge < -0.3 is 10.6 Å². The molecule has 0 aliphatic heterocycles. The highest BCUT2D eigenvalue weighted by molar-refractivity contribution is 5.45. The van der Waals surface area contributed by atoms with Crippen LogP contribution < -0.4 is 10.6 Å². The molecule has 0 unspecified atom stereocenters. The van der Waals surface area contributed by atoms with Crippen LogP contribution in [0.1, 0.15) is 13.8 Å². The molecule has 2 aromatic rings. The lowest BCUT2D eigenvalue weighted by Crippen LogP contribution is -2.37. The highest BCUT2D eigenvalue weighted by atomic mass is 15.5. The lowest BCUT2D eigenvalue weighted by Gasteiger charge is -2.29. The molecule has 0 bridgehead atoms. The SMILES string of the molecule is CN(CC(C)(C)CN)c1cncc2nnnn12. The Kier molecular flexibility index (Phi) is 2.93. The standard InChI is InChI=1S/C10H17N7/c1-10(2,6-11)7-16(3)9-5-12-4-8-13-14-15-17(8)9/h4-5H,6-7,11H2,1-3H3. The topological polar surface area (TPSA) is 85.2 Å². The van der Waals surface area contributed by atoms with Crippen LogP contribution in [0.3, 0.4) is 0 Å². The van der Waals surface area contributed by atoms with E-state index in [4.69, 9.17) is 5.73 Å². The Bertz CT molecular complexity index is 504. The molecule has 7 heteroatoms. The second kappa shape index (κ2) is 4.25. The van der Waals surface area contributed by atoms with Crippen molar-refractivity contribution < 1.29 is 0 Å². The van der Waals surface area contributed by atoms with Crippen LogP contribution in [0, 0.1) is 5.41 Å². The maximum absolute atomic E-state index is 5.74. The molecule has 2 N–H and O–H groups in total. The number of hydrogen-bond acceptors (Lipinski definition) is 6. The molecule has 2 aromatic heterocycles. The van der Waals surface area contributed by atoms with Gasteiger partial charge in [-0.25, -0.2) is 0 Å². The van der Waals surface area contributed by atoms with Crippen molar-refractivity contribution in [1.29, 1.82) is 0 Å². The largest absolute Gasteiger partial charge is 0.358 e. The van der Waals surface area contributed by atoms with Gasteiger partial charge in [-0.3, -0.25) is 4.98 Å². The molecule has 0 aliphatic rings. The van der Waals surface area contributed by atoms with Crippen molar-refractivity contribution in [2.45, 2.75) is 13.8 Å². The van der Waals surface area contributed by atoms with Crippen LogP contribution in [-0.4, -0.2) is 45.2 Å². The smallest absolute Gasteiger partial charge is 0.199 e. The molecule has 0 aliphatic carbocycles. The number of anilines is 1. The fourth-order valence-corrected chi connectivity index (χ4v) is 1.71. The molecule has 0 spiro atoms. The first kappa shape index (κ1) is 11.7. The van der Waals surface area contributed by atoms with Gasteiger partial charge in [-0.15, -0.1) is 5.10 Å². The third-order valence-electron chi connectivity index (χ3n) is 2.70. The molecular formula is C10H17N7. The molecule has 2 heterocycles. The summed E-state index contributed by atoms with van der Waals surface area (Å²) in [7, 11) is 1.98. The molecule has 0 atom stereocenters. The molecule has 0 saturated heterocycles. The first-order valence-corrected chi connectivity index (χ1v) is 5.47. The van der Waals surface area contributed by atoms with Gasteiger partial charge in [-0.2, -0.15) is 4.52 Å². The van der Waals surface area contributed by atoms with Crippen LogP contribution in [0.15, 0.2) is 12.4 Å². The molecule has 0 saturated carbocycles. The molecular weight excluding hydrogens is 218 g/mol. The number of tetrazole rings is 1. The highest BCUT2D eigenvalue weighted by Crippen LogP contribution is 2.19. The van der Waals surface area contributed by atoms with Crippen molar-refractivity contribution in [2.24, 2.45) is 11.1 Å². The van der Waals surface area contributed by atoms with Crippen LogP contribution in [0.2, 0.25) is 0 Å². The molecule has 0 radical (unpaired) electrons. The molecule has 0 fully saturated rings. The second-order valence-electron chi connectivity index (χ2n) is 4.94. The normalized spacial score (nSPS) is 12.0. The summed E-state index contributed by atoms with van der Waals surface area (Å²) in [5.41, 5.74) is 6.41. The molecule has 0 amide bonds. The highest BCUT2D eigenvalue weighted by Gasteiger charge is 2.20. The van der Waals surface area contributed by atoms with Gasteiger partial charge in [0.1, 0.15) is 0 Å². The first-order chi connectivity index (χ1) is 8.03. The van der Waals surface area contributed by atoms with E-state index in [0.29, 0.717) is 12.2 Å². The van der Waals surface area contributed by atoms with Crippen LogP contribution in [0.25, 0.3) is 5.65 Å². The van der Waals surface area contributed by atoms with Crippen molar-refractivity contribution in [3.05, 3.63) is 12.4 Å². The van der Waals surface area contributed by atoms with Crippen LogP contribution in [-0.2, 0) is 0 Å². The molecule has 0 aromatic carbocycles. The average Bonchev–Trinajstić information content (AvgIpc) is 2.76. The van der Waals surface area contributed by atoms with E-state index in [1.54, 1.807) is 16.9 Å². The van der Waals surface area contributed by atoms with E-state index >= 15 is 0 Å². The number of nitrogens with zero attached hydrogens (tertiary/aromatic N) is 6. The van der Waals surface area contributed by atoms with Crippen LogP contribution in [0.5, 0.6) is 0 Å². The molecule has 17 heavy (non-hydrogen) atoms. The number of fused-ring (bicyclic) bond motifs is 1. The summed E-state index contributed by atoms with van der Waals surface area (Å²) in [6.45, 7) is 5.67. The Morgan fingerprint density at radius 2 is 2.18 bits per heavy atom. The van der Waals surface area contributed by atoms with Crippen LogP contribution in [0.4, 0.5) is 5.82 Å². The lowest BCUT2D eigenvalue weighted by atomic mass is 9.93. The summed E-state index contributed by atoms with van der Waals surface area (Å²) in [4.78, 5) is 6.18. The summed E-state index contributed by atoms with van der Waals surface area (Å²) >= 11 is 0. The van der Waals surface area contributed by atoms with E-state index in [0.717, 1.165) is 12.4 Å². The summed E-state index contributed by atoms with van der Waals surface area (Å²) in [6.07, 6.45) is 3.38. The van der Waals surface area contributed by atoms with Crippen molar-refractivity contribution in [1.82, 2.24) is 25.0 Å². The number of nitrogens with two attached hydrogens (primary N) is 1. The zero-order valence-corrected chi connectivity index (χ0v) is 10.3. The third-order valence-corrected chi connectivity index (χ3v) is 2.70. The van der Waals surface area contributed by atoms with Crippen molar-refractivity contribution in [3.63, 3.8) is 0 Å². The van der Waals surface area contributed by atoms with E-state index in [-0.39, 0.29) is 5.41 Å². The molecule has 2 rings (SSSR count). The zero-order valence-electron chi connectivity index (χ0n) is 10.3. The second-order valence-corrected chi connectivity index (χ2v) is 4.94.